The van der Waals surface area contributed by atoms with Crippen molar-refractivity contribution in [2.24, 2.45) is 0 Å². The molecule has 0 amide bonds. The SMILES string of the molecule is CNCc1cn(S(=O)(=O)c2ccc(F)c(F)c2)c2cc(Nc3ccc(C)cc3F)ccc12.Cl. The lowest BCUT2D eigenvalue weighted by Gasteiger charge is -2.11. The average molecular weight is 496 g/mol. The molecule has 0 aliphatic heterocycles. The standard InChI is InChI=1S/C23H20F3N3O2S.ClH/c1-14-3-8-22(21(26)9-14)28-16-4-6-18-15(12-27-2)13-29(23(18)10-16)32(30,31)17-5-7-19(24)20(25)11-17;/h3-11,13,27-28H,12H2,1-2H3;1H. The van der Waals surface area contributed by atoms with Crippen LogP contribution in [0.15, 0.2) is 65.7 Å². The summed E-state index contributed by atoms with van der Waals surface area (Å²) < 4.78 is 68.9. The van der Waals surface area contributed by atoms with Crippen molar-refractivity contribution in [2.75, 3.05) is 12.4 Å². The monoisotopic (exact) mass is 495 g/mol. The first-order chi connectivity index (χ1) is 15.2. The topological polar surface area (TPSA) is 63.1 Å². The van der Waals surface area contributed by atoms with E-state index in [1.807, 2.05) is 0 Å². The Hall–Kier alpha value is -3.01. The van der Waals surface area contributed by atoms with Crippen LogP contribution in [0.25, 0.3) is 10.9 Å². The van der Waals surface area contributed by atoms with Gasteiger partial charge in [0.15, 0.2) is 11.6 Å². The van der Waals surface area contributed by atoms with E-state index in [9.17, 15) is 21.6 Å². The van der Waals surface area contributed by atoms with Crippen molar-refractivity contribution >= 4 is 44.7 Å². The summed E-state index contributed by atoms with van der Waals surface area (Å²) in [5.74, 6) is -2.83. The zero-order chi connectivity index (χ0) is 23.0. The van der Waals surface area contributed by atoms with E-state index in [1.54, 1.807) is 44.3 Å². The van der Waals surface area contributed by atoms with Crippen LogP contribution < -0.4 is 10.6 Å². The van der Waals surface area contributed by atoms with Gasteiger partial charge in [0.2, 0.25) is 0 Å². The quantitative estimate of drug-likeness (QED) is 0.371. The summed E-state index contributed by atoms with van der Waals surface area (Å²) in [6.45, 7) is 2.16. The summed E-state index contributed by atoms with van der Waals surface area (Å²) in [7, 11) is -2.50. The number of aryl methyl sites for hydroxylation is 1. The predicted molar refractivity (Wildman–Crippen MR) is 125 cm³/mol. The molecule has 1 heterocycles. The molecular formula is C23H21ClF3N3O2S. The second-order valence-electron chi connectivity index (χ2n) is 7.40. The highest BCUT2D eigenvalue weighted by molar-refractivity contribution is 7.90. The number of aromatic nitrogens is 1. The molecule has 0 bridgehead atoms. The lowest BCUT2D eigenvalue weighted by atomic mass is 10.1. The van der Waals surface area contributed by atoms with Crippen LogP contribution in [0.1, 0.15) is 11.1 Å². The van der Waals surface area contributed by atoms with Gasteiger partial charge in [-0.25, -0.2) is 25.6 Å². The molecule has 10 heteroatoms. The van der Waals surface area contributed by atoms with Gasteiger partial charge in [0.25, 0.3) is 10.0 Å². The van der Waals surface area contributed by atoms with Crippen molar-refractivity contribution in [1.82, 2.24) is 9.29 Å². The minimum Gasteiger partial charge on any atom is -0.353 e. The first-order valence-corrected chi connectivity index (χ1v) is 11.2. The lowest BCUT2D eigenvalue weighted by Crippen LogP contribution is -2.13. The van der Waals surface area contributed by atoms with Crippen molar-refractivity contribution in [3.05, 3.63) is 89.4 Å². The smallest absolute Gasteiger partial charge is 0.268 e. The molecule has 5 nitrogen and oxygen atoms in total. The Morgan fingerprint density at radius 2 is 1.67 bits per heavy atom. The van der Waals surface area contributed by atoms with Crippen LogP contribution in [0.2, 0.25) is 0 Å². The zero-order valence-corrected chi connectivity index (χ0v) is 19.3. The number of anilines is 2. The van der Waals surface area contributed by atoms with Gasteiger partial charge in [-0.2, -0.15) is 0 Å². The van der Waals surface area contributed by atoms with E-state index in [1.165, 1.54) is 12.3 Å². The van der Waals surface area contributed by atoms with E-state index < -0.39 is 27.5 Å². The largest absolute Gasteiger partial charge is 0.353 e. The lowest BCUT2D eigenvalue weighted by molar-refractivity contribution is 0.504. The highest BCUT2D eigenvalue weighted by Gasteiger charge is 2.23. The first kappa shape index (κ1) is 24.6. The van der Waals surface area contributed by atoms with Crippen LogP contribution in [-0.2, 0) is 16.6 Å². The minimum atomic E-state index is -4.23. The molecule has 0 atom stereocenters. The third kappa shape index (κ3) is 4.71. The number of nitrogens with zero attached hydrogens (tertiary/aromatic N) is 1. The van der Waals surface area contributed by atoms with Crippen molar-refractivity contribution in [1.29, 1.82) is 0 Å². The summed E-state index contributed by atoms with van der Waals surface area (Å²) >= 11 is 0. The van der Waals surface area contributed by atoms with E-state index >= 15 is 0 Å². The van der Waals surface area contributed by atoms with Crippen LogP contribution in [0.3, 0.4) is 0 Å². The van der Waals surface area contributed by atoms with Crippen LogP contribution in [0.5, 0.6) is 0 Å². The average Bonchev–Trinajstić information content (AvgIpc) is 3.11. The molecule has 3 aromatic carbocycles. The maximum atomic E-state index is 14.3. The van der Waals surface area contributed by atoms with E-state index in [0.717, 1.165) is 21.7 Å². The van der Waals surface area contributed by atoms with Gasteiger partial charge in [0.1, 0.15) is 5.82 Å². The van der Waals surface area contributed by atoms with E-state index in [4.69, 9.17) is 0 Å². The second-order valence-corrected chi connectivity index (χ2v) is 9.22. The van der Waals surface area contributed by atoms with Gasteiger partial charge in [-0.05, 0) is 67.6 Å². The summed E-state index contributed by atoms with van der Waals surface area (Å²) in [6.07, 6.45) is 1.44. The summed E-state index contributed by atoms with van der Waals surface area (Å²) in [4.78, 5) is -0.382. The molecule has 0 saturated heterocycles. The van der Waals surface area contributed by atoms with E-state index in [-0.39, 0.29) is 23.0 Å². The molecule has 174 valence electrons. The Morgan fingerprint density at radius 3 is 2.33 bits per heavy atom. The number of rotatable bonds is 6. The van der Waals surface area contributed by atoms with Gasteiger partial charge in [-0.15, -0.1) is 12.4 Å². The second kappa shape index (κ2) is 9.46. The maximum absolute atomic E-state index is 14.3. The van der Waals surface area contributed by atoms with Gasteiger partial charge in [-0.1, -0.05) is 12.1 Å². The molecule has 0 radical (unpaired) electrons. The summed E-state index contributed by atoms with van der Waals surface area (Å²) in [6, 6.07) is 12.2. The number of hydrogen-bond acceptors (Lipinski definition) is 4. The molecule has 0 fully saturated rings. The number of nitrogens with one attached hydrogen (secondary N) is 2. The molecular weight excluding hydrogens is 475 g/mol. The fourth-order valence-corrected chi connectivity index (χ4v) is 4.90. The number of benzene rings is 3. The highest BCUT2D eigenvalue weighted by Crippen LogP contribution is 2.30. The maximum Gasteiger partial charge on any atom is 0.268 e. The normalized spacial score (nSPS) is 11.4. The Balaban J connectivity index is 0.00000306. The molecule has 0 aliphatic carbocycles. The zero-order valence-electron chi connectivity index (χ0n) is 17.7. The third-order valence-electron chi connectivity index (χ3n) is 5.07. The molecule has 4 rings (SSSR count). The first-order valence-electron chi connectivity index (χ1n) is 9.73. The van der Waals surface area contributed by atoms with Gasteiger partial charge in [0, 0.05) is 23.8 Å². The van der Waals surface area contributed by atoms with Crippen LogP contribution >= 0.6 is 12.4 Å². The molecule has 33 heavy (non-hydrogen) atoms. The Kier molecular flexibility index (Phi) is 7.06. The number of hydrogen-bond donors (Lipinski definition) is 2. The fourth-order valence-electron chi connectivity index (χ4n) is 3.50. The number of halogens is 4. The summed E-state index contributed by atoms with van der Waals surface area (Å²) in [5.41, 5.74) is 2.49. The van der Waals surface area contributed by atoms with Gasteiger partial charge < -0.3 is 10.6 Å². The van der Waals surface area contributed by atoms with Gasteiger partial charge >= 0.3 is 0 Å². The van der Waals surface area contributed by atoms with Crippen molar-refractivity contribution in [2.45, 2.75) is 18.4 Å². The molecule has 0 aliphatic rings. The van der Waals surface area contributed by atoms with Gasteiger partial charge in [0.05, 0.1) is 16.1 Å². The van der Waals surface area contributed by atoms with Crippen LogP contribution in [0.4, 0.5) is 24.5 Å². The number of fused-ring (bicyclic) bond motifs is 1. The van der Waals surface area contributed by atoms with Crippen LogP contribution in [0, 0.1) is 24.4 Å². The Bertz CT molecular complexity index is 1440. The molecule has 0 saturated carbocycles. The minimum absolute atomic E-state index is 0. The Labute approximate surface area is 195 Å². The van der Waals surface area contributed by atoms with Crippen LogP contribution in [-0.4, -0.2) is 19.4 Å². The fraction of sp³-hybridized carbons (Fsp3) is 0.130. The molecule has 4 aromatic rings. The Morgan fingerprint density at radius 1 is 0.909 bits per heavy atom. The van der Waals surface area contributed by atoms with E-state index in [2.05, 4.69) is 10.6 Å². The third-order valence-corrected chi connectivity index (χ3v) is 6.74. The predicted octanol–water partition coefficient (Wildman–Crippen LogP) is 5.49. The molecule has 1 aromatic heterocycles. The van der Waals surface area contributed by atoms with E-state index in [0.29, 0.717) is 34.8 Å². The summed E-state index contributed by atoms with van der Waals surface area (Å²) in [5, 5.41) is 6.59. The van der Waals surface area contributed by atoms with Gasteiger partial charge in [-0.3, -0.25) is 0 Å². The van der Waals surface area contributed by atoms with Crippen molar-refractivity contribution in [3.8, 4) is 0 Å². The van der Waals surface area contributed by atoms with Crippen molar-refractivity contribution < 1.29 is 21.6 Å². The van der Waals surface area contributed by atoms with Crippen molar-refractivity contribution in [3.63, 3.8) is 0 Å². The highest BCUT2D eigenvalue weighted by atomic mass is 35.5. The molecule has 0 spiro atoms. The molecule has 0 unspecified atom stereocenters. The molecule has 2 N–H and O–H groups in total.